The third-order valence-electron chi connectivity index (χ3n) is 4.36. The molecule has 0 bridgehead atoms. The van der Waals surface area contributed by atoms with Gasteiger partial charge in [0.1, 0.15) is 5.82 Å². The van der Waals surface area contributed by atoms with Gasteiger partial charge in [0, 0.05) is 30.3 Å². The lowest BCUT2D eigenvalue weighted by Gasteiger charge is -2.32. The van der Waals surface area contributed by atoms with Crippen molar-refractivity contribution in [1.29, 1.82) is 0 Å². The normalized spacial score (nSPS) is 18.7. The maximum absolute atomic E-state index is 13.0. The number of rotatable bonds is 4. The van der Waals surface area contributed by atoms with Crippen molar-refractivity contribution in [3.63, 3.8) is 0 Å². The number of nitrogen functional groups attached to an aromatic ring is 1. The summed E-state index contributed by atoms with van der Waals surface area (Å²) in [6.45, 7) is 2.53. The summed E-state index contributed by atoms with van der Waals surface area (Å²) in [5, 5.41) is 0. The van der Waals surface area contributed by atoms with E-state index in [2.05, 4.69) is 11.0 Å². The Hall–Kier alpha value is -2.20. The molecule has 0 spiro atoms. The van der Waals surface area contributed by atoms with Crippen LogP contribution in [-0.2, 0) is 6.54 Å². The van der Waals surface area contributed by atoms with E-state index in [0.717, 1.165) is 38.2 Å². The van der Waals surface area contributed by atoms with Gasteiger partial charge < -0.3 is 5.73 Å². The highest BCUT2D eigenvalue weighted by molar-refractivity contribution is 5.98. The molecule has 0 saturated carbocycles. The van der Waals surface area contributed by atoms with Crippen molar-refractivity contribution in [2.45, 2.75) is 19.4 Å². The van der Waals surface area contributed by atoms with E-state index in [-0.39, 0.29) is 17.5 Å². The van der Waals surface area contributed by atoms with Gasteiger partial charge in [0.25, 0.3) is 0 Å². The molecule has 3 rings (SSSR count). The second kappa shape index (κ2) is 6.92. The minimum atomic E-state index is -0.312. The third kappa shape index (κ3) is 3.96. The van der Waals surface area contributed by atoms with Crippen molar-refractivity contribution in [2.24, 2.45) is 5.92 Å². The molecule has 120 valence electrons. The summed E-state index contributed by atoms with van der Waals surface area (Å²) < 4.78 is 13.0. The van der Waals surface area contributed by atoms with Crippen LogP contribution in [0.2, 0.25) is 0 Å². The molecule has 0 radical (unpaired) electrons. The molecule has 1 unspecified atom stereocenters. The summed E-state index contributed by atoms with van der Waals surface area (Å²) in [5.74, 6) is -0.217. The maximum Gasteiger partial charge on any atom is 0.167 e. The Morgan fingerprint density at radius 1 is 1.22 bits per heavy atom. The zero-order chi connectivity index (χ0) is 16.2. The Kier molecular flexibility index (Phi) is 4.72. The smallest absolute Gasteiger partial charge is 0.167 e. The standard InChI is InChI=1S/C19H21FN2O/c20-17-8-6-15(7-9-17)19(23)16-4-2-10-22(13-16)12-14-3-1-5-18(21)11-14/h1,3,5-9,11,16H,2,4,10,12-13,21H2. The first-order valence-corrected chi connectivity index (χ1v) is 7.98. The second-order valence-corrected chi connectivity index (χ2v) is 6.19. The number of hydrogen-bond donors (Lipinski definition) is 1. The molecule has 3 nitrogen and oxygen atoms in total. The van der Waals surface area contributed by atoms with Gasteiger partial charge in [-0.05, 0) is 61.3 Å². The van der Waals surface area contributed by atoms with Crippen LogP contribution >= 0.6 is 0 Å². The van der Waals surface area contributed by atoms with Crippen LogP contribution in [0.5, 0.6) is 0 Å². The molecular weight excluding hydrogens is 291 g/mol. The number of benzene rings is 2. The van der Waals surface area contributed by atoms with Crippen molar-refractivity contribution < 1.29 is 9.18 Å². The number of nitrogens with zero attached hydrogens (tertiary/aromatic N) is 1. The Labute approximate surface area is 135 Å². The van der Waals surface area contributed by atoms with Gasteiger partial charge >= 0.3 is 0 Å². The summed E-state index contributed by atoms with van der Waals surface area (Å²) in [6, 6.07) is 13.7. The van der Waals surface area contributed by atoms with Crippen LogP contribution in [0.1, 0.15) is 28.8 Å². The molecule has 2 N–H and O–H groups in total. The summed E-state index contributed by atoms with van der Waals surface area (Å²) in [6.07, 6.45) is 1.89. The van der Waals surface area contributed by atoms with Gasteiger partial charge in [-0.15, -0.1) is 0 Å². The lowest BCUT2D eigenvalue weighted by atomic mass is 9.90. The molecule has 1 aliphatic heterocycles. The van der Waals surface area contributed by atoms with E-state index < -0.39 is 0 Å². The summed E-state index contributed by atoms with van der Waals surface area (Å²) in [5.41, 5.74) is 8.35. The first-order chi connectivity index (χ1) is 11.1. The monoisotopic (exact) mass is 312 g/mol. The number of Topliss-reactive ketones (excluding diaryl/α,β-unsaturated/α-hetero) is 1. The van der Waals surface area contributed by atoms with Gasteiger partial charge in [-0.2, -0.15) is 0 Å². The van der Waals surface area contributed by atoms with Crippen LogP contribution in [0.25, 0.3) is 0 Å². The minimum Gasteiger partial charge on any atom is -0.399 e. The number of piperidine rings is 1. The first-order valence-electron chi connectivity index (χ1n) is 7.98. The van der Waals surface area contributed by atoms with Crippen molar-refractivity contribution in [3.8, 4) is 0 Å². The van der Waals surface area contributed by atoms with Crippen LogP contribution in [0.15, 0.2) is 48.5 Å². The fraction of sp³-hybridized carbons (Fsp3) is 0.316. The number of hydrogen-bond acceptors (Lipinski definition) is 3. The van der Waals surface area contributed by atoms with E-state index in [9.17, 15) is 9.18 Å². The first kappa shape index (κ1) is 15.7. The largest absolute Gasteiger partial charge is 0.399 e. The minimum absolute atomic E-state index is 0.0183. The number of anilines is 1. The van der Waals surface area contributed by atoms with E-state index >= 15 is 0 Å². The number of nitrogens with two attached hydrogens (primary N) is 1. The highest BCUT2D eigenvalue weighted by Gasteiger charge is 2.26. The molecule has 23 heavy (non-hydrogen) atoms. The fourth-order valence-corrected chi connectivity index (χ4v) is 3.21. The van der Waals surface area contributed by atoms with E-state index in [1.807, 2.05) is 18.2 Å². The predicted molar refractivity (Wildman–Crippen MR) is 89.6 cm³/mol. The van der Waals surface area contributed by atoms with Crippen molar-refractivity contribution in [1.82, 2.24) is 4.90 Å². The number of halogens is 1. The van der Waals surface area contributed by atoms with Crippen LogP contribution in [0.3, 0.4) is 0 Å². The maximum atomic E-state index is 13.0. The Morgan fingerprint density at radius 3 is 2.74 bits per heavy atom. The average Bonchev–Trinajstić information content (AvgIpc) is 2.55. The zero-order valence-electron chi connectivity index (χ0n) is 13.0. The molecule has 1 heterocycles. The predicted octanol–water partition coefficient (Wildman–Crippen LogP) is 3.50. The zero-order valence-corrected chi connectivity index (χ0v) is 13.0. The summed E-state index contributed by atoms with van der Waals surface area (Å²) in [4.78, 5) is 14.9. The lowest BCUT2D eigenvalue weighted by Crippen LogP contribution is -2.38. The molecule has 0 amide bonds. The SMILES string of the molecule is Nc1cccc(CN2CCCC(C(=O)c3ccc(F)cc3)C2)c1. The Balaban J connectivity index is 1.66. The number of ketones is 1. The van der Waals surface area contributed by atoms with E-state index in [0.29, 0.717) is 5.56 Å². The highest BCUT2D eigenvalue weighted by Crippen LogP contribution is 2.23. The van der Waals surface area contributed by atoms with Gasteiger partial charge in [-0.25, -0.2) is 4.39 Å². The van der Waals surface area contributed by atoms with Crippen molar-refractivity contribution >= 4 is 11.5 Å². The molecule has 1 fully saturated rings. The number of carbonyl (C=O) groups excluding carboxylic acids is 1. The molecule has 1 saturated heterocycles. The molecule has 4 heteroatoms. The van der Waals surface area contributed by atoms with Gasteiger partial charge in [0.15, 0.2) is 5.78 Å². The number of carbonyl (C=O) groups is 1. The van der Waals surface area contributed by atoms with Crippen LogP contribution in [0.4, 0.5) is 10.1 Å². The van der Waals surface area contributed by atoms with Gasteiger partial charge in [-0.3, -0.25) is 9.69 Å². The molecule has 2 aromatic carbocycles. The molecule has 1 aliphatic rings. The fourth-order valence-electron chi connectivity index (χ4n) is 3.21. The molecule has 2 aromatic rings. The van der Waals surface area contributed by atoms with Crippen molar-refractivity contribution in [2.75, 3.05) is 18.8 Å². The van der Waals surface area contributed by atoms with Gasteiger partial charge in [0.05, 0.1) is 0 Å². The topological polar surface area (TPSA) is 46.3 Å². The van der Waals surface area contributed by atoms with Crippen LogP contribution in [0, 0.1) is 11.7 Å². The van der Waals surface area contributed by atoms with Gasteiger partial charge in [0.2, 0.25) is 0 Å². The second-order valence-electron chi connectivity index (χ2n) is 6.19. The van der Waals surface area contributed by atoms with Crippen LogP contribution in [-0.4, -0.2) is 23.8 Å². The van der Waals surface area contributed by atoms with E-state index in [4.69, 9.17) is 5.73 Å². The number of likely N-dealkylation sites (tertiary alicyclic amines) is 1. The van der Waals surface area contributed by atoms with Gasteiger partial charge in [-0.1, -0.05) is 12.1 Å². The Bertz CT molecular complexity index is 684. The molecular formula is C19H21FN2O. The quantitative estimate of drug-likeness (QED) is 0.694. The lowest BCUT2D eigenvalue weighted by molar-refractivity contribution is 0.0811. The molecule has 1 atom stereocenters. The van der Waals surface area contributed by atoms with E-state index in [1.165, 1.54) is 17.7 Å². The highest BCUT2D eigenvalue weighted by atomic mass is 19.1. The summed E-state index contributed by atoms with van der Waals surface area (Å²) >= 11 is 0. The molecule has 0 aromatic heterocycles. The third-order valence-corrected chi connectivity index (χ3v) is 4.36. The molecule has 0 aliphatic carbocycles. The Morgan fingerprint density at radius 2 is 2.00 bits per heavy atom. The summed E-state index contributed by atoms with van der Waals surface area (Å²) in [7, 11) is 0. The average molecular weight is 312 g/mol. The van der Waals surface area contributed by atoms with Crippen molar-refractivity contribution in [3.05, 3.63) is 65.5 Å². The van der Waals surface area contributed by atoms with Crippen LogP contribution < -0.4 is 5.73 Å². The van der Waals surface area contributed by atoms with E-state index in [1.54, 1.807) is 12.1 Å².